The molecule has 1 aliphatic rings. The molecule has 130 valence electrons. The number of carbonyl (C=O) groups is 1. The molecule has 1 aromatic heterocycles. The van der Waals surface area contributed by atoms with Gasteiger partial charge in [0.25, 0.3) is 0 Å². The third-order valence-corrected chi connectivity index (χ3v) is 5.42. The van der Waals surface area contributed by atoms with Gasteiger partial charge in [-0.1, -0.05) is 12.1 Å². The van der Waals surface area contributed by atoms with E-state index in [0.717, 1.165) is 41.3 Å². The number of rotatable bonds is 6. The van der Waals surface area contributed by atoms with Gasteiger partial charge < -0.3 is 15.2 Å². The monoisotopic (exact) mass is 346 g/mol. The number of amides is 1. The maximum absolute atomic E-state index is 12.1. The Morgan fingerprint density at radius 2 is 2.29 bits per heavy atom. The first kappa shape index (κ1) is 17.3. The zero-order valence-corrected chi connectivity index (χ0v) is 15.2. The molecule has 1 aromatic carbocycles. The number of hydrogen-bond donors (Lipinski definition) is 2. The lowest BCUT2D eigenvalue weighted by Gasteiger charge is -2.22. The van der Waals surface area contributed by atoms with Gasteiger partial charge in [-0.05, 0) is 26.0 Å². The predicted molar refractivity (Wildman–Crippen MR) is 101 cm³/mol. The third-order valence-electron chi connectivity index (χ3n) is 4.29. The van der Waals surface area contributed by atoms with E-state index in [1.54, 1.807) is 0 Å². The topological polar surface area (TPSA) is 59.0 Å². The molecule has 1 fully saturated rings. The van der Waals surface area contributed by atoms with Crippen molar-refractivity contribution < 1.29 is 4.79 Å². The fourth-order valence-corrected chi connectivity index (χ4v) is 4.16. The van der Waals surface area contributed by atoms with Crippen molar-refractivity contribution in [2.24, 2.45) is 0 Å². The van der Waals surface area contributed by atoms with Crippen LogP contribution in [-0.2, 0) is 11.2 Å². The predicted octanol–water partition coefficient (Wildman–Crippen LogP) is 2.37. The van der Waals surface area contributed by atoms with E-state index in [0.29, 0.717) is 25.0 Å². The molecule has 1 saturated heterocycles. The van der Waals surface area contributed by atoms with E-state index in [4.69, 9.17) is 4.98 Å². The first-order valence-corrected chi connectivity index (χ1v) is 9.84. The molecule has 2 heterocycles. The lowest BCUT2D eigenvalue weighted by molar-refractivity contribution is -0.121. The standard InChI is InChI=1S/C18H26N4OS/c1-13(2)22-16-6-4-3-5-15(16)21-17(22)7-8-20-18(23)11-14-12-24-10-9-19-14/h3-6,13-14,19H,7-12H2,1-2H3,(H,20,23). The molecular weight excluding hydrogens is 320 g/mol. The quantitative estimate of drug-likeness (QED) is 0.843. The maximum atomic E-state index is 12.1. The first-order valence-electron chi connectivity index (χ1n) is 8.69. The molecule has 1 atom stereocenters. The highest BCUT2D eigenvalue weighted by Crippen LogP contribution is 2.21. The molecule has 2 N–H and O–H groups in total. The molecule has 0 spiro atoms. The largest absolute Gasteiger partial charge is 0.356 e. The molecule has 6 heteroatoms. The van der Waals surface area contributed by atoms with E-state index in [2.05, 4.69) is 35.1 Å². The highest BCUT2D eigenvalue weighted by molar-refractivity contribution is 7.99. The number of thioether (sulfide) groups is 1. The Morgan fingerprint density at radius 3 is 3.04 bits per heavy atom. The van der Waals surface area contributed by atoms with Crippen molar-refractivity contribution >= 4 is 28.7 Å². The molecule has 1 unspecified atom stereocenters. The molecule has 1 amide bonds. The van der Waals surface area contributed by atoms with Crippen LogP contribution in [0.4, 0.5) is 0 Å². The average Bonchev–Trinajstić information content (AvgIpc) is 2.94. The molecule has 0 bridgehead atoms. The molecule has 0 aliphatic carbocycles. The van der Waals surface area contributed by atoms with Gasteiger partial charge in [0.2, 0.25) is 5.91 Å². The molecule has 24 heavy (non-hydrogen) atoms. The van der Waals surface area contributed by atoms with Crippen LogP contribution in [0.5, 0.6) is 0 Å². The highest BCUT2D eigenvalue weighted by Gasteiger charge is 2.17. The number of carbonyl (C=O) groups excluding carboxylic acids is 1. The average molecular weight is 347 g/mol. The summed E-state index contributed by atoms with van der Waals surface area (Å²) in [5.74, 6) is 3.33. The zero-order valence-electron chi connectivity index (χ0n) is 14.4. The lowest BCUT2D eigenvalue weighted by atomic mass is 10.2. The number of benzene rings is 1. The summed E-state index contributed by atoms with van der Waals surface area (Å²) in [4.78, 5) is 16.8. The molecule has 0 radical (unpaired) electrons. The van der Waals surface area contributed by atoms with Crippen molar-refractivity contribution in [3.8, 4) is 0 Å². The van der Waals surface area contributed by atoms with Crippen LogP contribution in [-0.4, -0.2) is 46.1 Å². The number of imidazole rings is 1. The zero-order chi connectivity index (χ0) is 16.9. The number of para-hydroxylation sites is 2. The molecule has 0 saturated carbocycles. The van der Waals surface area contributed by atoms with E-state index in [9.17, 15) is 4.79 Å². The number of nitrogens with one attached hydrogen (secondary N) is 2. The van der Waals surface area contributed by atoms with E-state index in [1.165, 1.54) is 0 Å². The maximum Gasteiger partial charge on any atom is 0.221 e. The van der Waals surface area contributed by atoms with Gasteiger partial charge in [0, 0.05) is 49.5 Å². The van der Waals surface area contributed by atoms with Crippen molar-refractivity contribution in [2.45, 2.75) is 38.8 Å². The van der Waals surface area contributed by atoms with E-state index < -0.39 is 0 Å². The fourth-order valence-electron chi connectivity index (χ4n) is 3.21. The molecule has 3 rings (SSSR count). The van der Waals surface area contributed by atoms with Crippen molar-refractivity contribution in [3.63, 3.8) is 0 Å². The van der Waals surface area contributed by atoms with Crippen LogP contribution in [0.2, 0.25) is 0 Å². The van der Waals surface area contributed by atoms with Gasteiger partial charge in [-0.25, -0.2) is 4.98 Å². The number of fused-ring (bicyclic) bond motifs is 1. The van der Waals surface area contributed by atoms with Crippen LogP contribution < -0.4 is 10.6 Å². The summed E-state index contributed by atoms with van der Waals surface area (Å²) in [6.07, 6.45) is 1.32. The van der Waals surface area contributed by atoms with Crippen LogP contribution in [0, 0.1) is 0 Å². The smallest absolute Gasteiger partial charge is 0.221 e. The SMILES string of the molecule is CC(C)n1c(CCNC(=O)CC2CSCCN2)nc2ccccc21. The van der Waals surface area contributed by atoms with Crippen LogP contribution in [0.25, 0.3) is 11.0 Å². The first-order chi connectivity index (χ1) is 11.6. The van der Waals surface area contributed by atoms with Gasteiger partial charge in [-0.2, -0.15) is 11.8 Å². The second-order valence-corrected chi connectivity index (χ2v) is 7.66. The molecule has 2 aromatic rings. The Kier molecular flexibility index (Phi) is 5.79. The van der Waals surface area contributed by atoms with Gasteiger partial charge in [-0.3, -0.25) is 4.79 Å². The Hall–Kier alpha value is -1.53. The lowest BCUT2D eigenvalue weighted by Crippen LogP contribution is -2.41. The van der Waals surface area contributed by atoms with E-state index in [1.807, 2.05) is 30.0 Å². The van der Waals surface area contributed by atoms with Crippen molar-refractivity contribution in [1.29, 1.82) is 0 Å². The summed E-state index contributed by atoms with van der Waals surface area (Å²) in [7, 11) is 0. The normalized spacial score (nSPS) is 18.2. The van der Waals surface area contributed by atoms with Crippen LogP contribution in [0.3, 0.4) is 0 Å². The minimum Gasteiger partial charge on any atom is -0.356 e. The van der Waals surface area contributed by atoms with Gasteiger partial charge in [-0.15, -0.1) is 0 Å². The van der Waals surface area contributed by atoms with Crippen molar-refractivity contribution in [1.82, 2.24) is 20.2 Å². The Morgan fingerprint density at radius 1 is 1.46 bits per heavy atom. The molecular formula is C18H26N4OS. The van der Waals surface area contributed by atoms with E-state index >= 15 is 0 Å². The minimum absolute atomic E-state index is 0.127. The Labute approximate surface area is 147 Å². The van der Waals surface area contributed by atoms with Crippen LogP contribution in [0.1, 0.15) is 32.1 Å². The molecule has 1 aliphatic heterocycles. The van der Waals surface area contributed by atoms with Gasteiger partial charge in [0.15, 0.2) is 0 Å². The fraction of sp³-hybridized carbons (Fsp3) is 0.556. The van der Waals surface area contributed by atoms with Crippen LogP contribution >= 0.6 is 11.8 Å². The summed E-state index contributed by atoms with van der Waals surface area (Å²) in [6.45, 7) is 5.97. The second kappa shape index (κ2) is 8.03. The minimum atomic E-state index is 0.127. The van der Waals surface area contributed by atoms with Gasteiger partial charge >= 0.3 is 0 Å². The summed E-state index contributed by atoms with van der Waals surface area (Å²) < 4.78 is 2.26. The van der Waals surface area contributed by atoms with Crippen molar-refractivity contribution in [3.05, 3.63) is 30.1 Å². The molecule has 5 nitrogen and oxygen atoms in total. The van der Waals surface area contributed by atoms with Crippen LogP contribution in [0.15, 0.2) is 24.3 Å². The highest BCUT2D eigenvalue weighted by atomic mass is 32.2. The second-order valence-electron chi connectivity index (χ2n) is 6.51. The summed E-state index contributed by atoms with van der Waals surface area (Å²) in [5, 5.41) is 6.45. The Bertz CT molecular complexity index is 691. The van der Waals surface area contributed by atoms with E-state index in [-0.39, 0.29) is 5.91 Å². The summed E-state index contributed by atoms with van der Waals surface area (Å²) >= 11 is 1.92. The van der Waals surface area contributed by atoms with Crippen molar-refractivity contribution in [2.75, 3.05) is 24.6 Å². The summed E-state index contributed by atoms with van der Waals surface area (Å²) in [5.41, 5.74) is 2.19. The number of aromatic nitrogens is 2. The number of hydrogen-bond acceptors (Lipinski definition) is 4. The van der Waals surface area contributed by atoms with Gasteiger partial charge in [0.05, 0.1) is 11.0 Å². The number of nitrogens with zero attached hydrogens (tertiary/aromatic N) is 2. The third kappa shape index (κ3) is 4.11. The summed E-state index contributed by atoms with van der Waals surface area (Å²) in [6, 6.07) is 8.87. The Balaban J connectivity index is 1.57. The van der Waals surface area contributed by atoms with Gasteiger partial charge in [0.1, 0.15) is 5.82 Å².